The second-order valence-corrected chi connectivity index (χ2v) is 4.61. The average molecular weight is 239 g/mol. The molecule has 0 fully saturated rings. The van der Waals surface area contributed by atoms with Crippen molar-refractivity contribution in [3.8, 4) is 0 Å². The van der Waals surface area contributed by atoms with Crippen LogP contribution in [0.15, 0.2) is 53.7 Å². The summed E-state index contributed by atoms with van der Waals surface area (Å²) in [5.41, 5.74) is 0.928. The van der Waals surface area contributed by atoms with Crippen LogP contribution in [0.3, 0.4) is 0 Å². The minimum atomic E-state index is -4.27. The van der Waals surface area contributed by atoms with E-state index in [0.29, 0.717) is 0 Å². The molecule has 16 heavy (non-hydrogen) atoms. The van der Waals surface area contributed by atoms with E-state index in [-0.39, 0.29) is 4.90 Å². The average Bonchev–Trinajstić information content (AvgIpc) is 2.74. The zero-order valence-corrected chi connectivity index (χ0v) is 9.65. The van der Waals surface area contributed by atoms with Crippen molar-refractivity contribution in [1.29, 1.82) is 0 Å². The van der Waals surface area contributed by atoms with Gasteiger partial charge in [0.15, 0.2) is 0 Å². The summed E-state index contributed by atoms with van der Waals surface area (Å²) in [6.07, 6.45) is 8.00. The second-order valence-electron chi connectivity index (χ2n) is 3.23. The third-order valence-electron chi connectivity index (χ3n) is 1.87. The van der Waals surface area contributed by atoms with Crippen molar-refractivity contribution in [2.75, 3.05) is 0 Å². The van der Waals surface area contributed by atoms with Crippen LogP contribution >= 0.6 is 0 Å². The molecule has 1 heterocycles. The number of nitrogens with two attached hydrogens (primary N) is 1. The fourth-order valence-corrected chi connectivity index (χ4v) is 1.50. The molecule has 0 atom stereocenters. The van der Waals surface area contributed by atoms with Crippen LogP contribution < -0.4 is 5.32 Å². The van der Waals surface area contributed by atoms with Crippen molar-refractivity contribution < 1.29 is 18.3 Å². The van der Waals surface area contributed by atoms with E-state index in [0.717, 1.165) is 5.56 Å². The maximum absolute atomic E-state index is 10.4. The number of rotatable bonds is 1. The zero-order valence-electron chi connectivity index (χ0n) is 8.83. The van der Waals surface area contributed by atoms with Crippen LogP contribution in [0, 0.1) is 6.92 Å². The normalized spacial score (nSPS) is 13.4. The van der Waals surface area contributed by atoms with Crippen LogP contribution in [0.5, 0.6) is 0 Å². The van der Waals surface area contributed by atoms with Crippen molar-refractivity contribution in [3.63, 3.8) is 0 Å². The Kier molecular flexibility index (Phi) is 4.42. The van der Waals surface area contributed by atoms with Gasteiger partial charge in [-0.05, 0) is 31.2 Å². The van der Waals surface area contributed by atoms with Crippen molar-refractivity contribution in [3.05, 3.63) is 54.4 Å². The quantitative estimate of drug-likeness (QED) is 0.725. The van der Waals surface area contributed by atoms with Gasteiger partial charge in [0.2, 0.25) is 0 Å². The first-order chi connectivity index (χ1) is 7.50. The molecule has 0 bridgehead atoms. The maximum Gasteiger partial charge on any atom is 0.124 e. The van der Waals surface area contributed by atoms with Gasteiger partial charge >= 0.3 is 0 Å². The van der Waals surface area contributed by atoms with Gasteiger partial charge in [0.05, 0.1) is 17.3 Å². The number of hydrogen-bond acceptors (Lipinski definition) is 3. The molecular weight excluding hydrogens is 226 g/mol. The lowest BCUT2D eigenvalue weighted by Gasteiger charge is -2.05. The minimum absolute atomic E-state index is 0.178. The van der Waals surface area contributed by atoms with E-state index in [1.165, 1.54) is 12.1 Å². The highest BCUT2D eigenvalue weighted by Crippen LogP contribution is 2.08. The lowest BCUT2D eigenvalue weighted by atomic mass is 10.2. The summed E-state index contributed by atoms with van der Waals surface area (Å²) in [6.45, 7) is 1.82. The molecule has 0 unspecified atom stereocenters. The zero-order chi connectivity index (χ0) is 12.0. The Labute approximate surface area is 95.1 Å². The predicted molar refractivity (Wildman–Crippen MR) is 59.3 cm³/mol. The van der Waals surface area contributed by atoms with Gasteiger partial charge in [-0.15, -0.1) is 0 Å². The van der Waals surface area contributed by atoms with E-state index in [9.17, 15) is 13.0 Å². The van der Waals surface area contributed by atoms with Crippen molar-refractivity contribution in [1.82, 2.24) is 0 Å². The Morgan fingerprint density at radius 2 is 1.56 bits per heavy atom. The molecule has 1 aliphatic heterocycles. The molecule has 4 nitrogen and oxygen atoms in total. The number of aryl methyl sites for hydroxylation is 1. The van der Waals surface area contributed by atoms with Crippen LogP contribution in [0.4, 0.5) is 0 Å². The van der Waals surface area contributed by atoms with Gasteiger partial charge in [0.1, 0.15) is 10.1 Å². The summed E-state index contributed by atoms with van der Waals surface area (Å²) in [5.74, 6) is 0. The standard InChI is InChI=1S/C7H8O3S.C4H5N/c1-6-2-4-7(5-3-6)11(8,9)10;1-2-4-5-3-1/h2-5H,1H3,(H,8,9,10);1-5H. The molecular formula is C11H13NO3S. The molecule has 0 aliphatic carbocycles. The third-order valence-corrected chi connectivity index (χ3v) is 2.71. The molecule has 0 aromatic heterocycles. The molecule has 0 amide bonds. The number of hydrogen-bond donors (Lipinski definition) is 1. The second kappa shape index (κ2) is 5.60. The first-order valence-corrected chi connectivity index (χ1v) is 6.10. The largest absolute Gasteiger partial charge is 0.744 e. The van der Waals surface area contributed by atoms with Crippen molar-refractivity contribution in [2.24, 2.45) is 0 Å². The number of quaternary nitrogens is 1. The molecule has 0 radical (unpaired) electrons. The predicted octanol–water partition coefficient (Wildman–Crippen LogP) is 0.490. The summed E-state index contributed by atoms with van der Waals surface area (Å²) >= 11 is 0. The van der Waals surface area contributed by atoms with Gasteiger partial charge in [-0.2, -0.15) is 0 Å². The molecule has 1 aromatic rings. The summed E-state index contributed by atoms with van der Waals surface area (Å²) in [4.78, 5) is -0.178. The molecule has 0 saturated heterocycles. The lowest BCUT2D eigenvalue weighted by Crippen LogP contribution is -2.69. The summed E-state index contributed by atoms with van der Waals surface area (Å²) < 4.78 is 31.2. The molecule has 86 valence electrons. The Bertz CT molecular complexity index is 476. The Morgan fingerprint density at radius 1 is 1.06 bits per heavy atom. The highest BCUT2D eigenvalue weighted by molar-refractivity contribution is 7.85. The van der Waals surface area contributed by atoms with Crippen LogP contribution in [0.25, 0.3) is 0 Å². The first kappa shape index (κ1) is 12.6. The van der Waals surface area contributed by atoms with Gasteiger partial charge in [0.25, 0.3) is 0 Å². The van der Waals surface area contributed by atoms with Gasteiger partial charge < -0.3 is 4.55 Å². The topological polar surface area (TPSA) is 73.8 Å². The van der Waals surface area contributed by atoms with Crippen LogP contribution in [0.2, 0.25) is 0 Å². The summed E-state index contributed by atoms with van der Waals surface area (Å²) in [5, 5.41) is 2.00. The van der Waals surface area contributed by atoms with Crippen LogP contribution in [-0.2, 0) is 10.1 Å². The maximum atomic E-state index is 10.4. The Balaban J connectivity index is 0.000000212. The van der Waals surface area contributed by atoms with Gasteiger partial charge in [-0.25, -0.2) is 8.42 Å². The van der Waals surface area contributed by atoms with Crippen LogP contribution in [-0.4, -0.2) is 13.0 Å². The van der Waals surface area contributed by atoms with Crippen LogP contribution in [0.1, 0.15) is 5.56 Å². The molecule has 0 spiro atoms. The highest BCUT2D eigenvalue weighted by atomic mass is 32.2. The number of benzene rings is 1. The van der Waals surface area contributed by atoms with E-state index < -0.39 is 10.1 Å². The molecule has 2 N–H and O–H groups in total. The van der Waals surface area contributed by atoms with E-state index in [1.807, 2.05) is 36.8 Å². The van der Waals surface area contributed by atoms with Gasteiger partial charge in [-0.3, -0.25) is 5.32 Å². The molecule has 0 saturated carbocycles. The monoisotopic (exact) mass is 239 g/mol. The SMILES string of the molecule is C1=C[NH2+]C=C1.Cc1ccc(S(=O)(=O)[O-])cc1. The van der Waals surface area contributed by atoms with E-state index in [1.54, 1.807) is 12.1 Å². The highest BCUT2D eigenvalue weighted by Gasteiger charge is 1.97. The summed E-state index contributed by atoms with van der Waals surface area (Å²) in [6, 6.07) is 5.78. The first-order valence-electron chi connectivity index (χ1n) is 4.69. The van der Waals surface area contributed by atoms with Crippen molar-refractivity contribution >= 4 is 10.1 Å². The Morgan fingerprint density at radius 3 is 1.88 bits per heavy atom. The van der Waals surface area contributed by atoms with E-state index >= 15 is 0 Å². The number of allylic oxidation sites excluding steroid dienone is 2. The smallest absolute Gasteiger partial charge is 0.124 e. The minimum Gasteiger partial charge on any atom is -0.744 e. The van der Waals surface area contributed by atoms with Crippen molar-refractivity contribution in [2.45, 2.75) is 11.8 Å². The van der Waals surface area contributed by atoms with Gasteiger partial charge in [0, 0.05) is 0 Å². The van der Waals surface area contributed by atoms with E-state index in [2.05, 4.69) is 0 Å². The Hall–Kier alpha value is -1.43. The third kappa shape index (κ3) is 4.39. The molecule has 2 rings (SSSR count). The molecule has 5 heteroatoms. The van der Waals surface area contributed by atoms with E-state index in [4.69, 9.17) is 0 Å². The fourth-order valence-electron chi connectivity index (χ4n) is 1.03. The fraction of sp³-hybridized carbons (Fsp3) is 0.0909. The van der Waals surface area contributed by atoms with Gasteiger partial charge in [-0.1, -0.05) is 17.7 Å². The molecule has 1 aliphatic rings. The lowest BCUT2D eigenvalue weighted by molar-refractivity contribution is -0.510. The summed E-state index contributed by atoms with van der Waals surface area (Å²) in [7, 11) is -4.27. The molecule has 1 aromatic carbocycles.